The van der Waals surface area contributed by atoms with Crippen LogP contribution in [0.3, 0.4) is 0 Å². The molecule has 1 aliphatic rings. The second-order valence-corrected chi connectivity index (χ2v) is 7.33. The van der Waals surface area contributed by atoms with Crippen LogP contribution in [0.5, 0.6) is 0 Å². The fraction of sp³-hybridized carbons (Fsp3) is 0.368. The molecule has 4 nitrogen and oxygen atoms in total. The molecule has 0 atom stereocenters. The van der Waals surface area contributed by atoms with Crippen LogP contribution in [0, 0.1) is 6.92 Å². The number of rotatable bonds is 2. The molecule has 1 aliphatic heterocycles. The maximum absolute atomic E-state index is 12.6. The number of halogens is 1. The van der Waals surface area contributed by atoms with Gasteiger partial charge < -0.3 is 4.90 Å². The van der Waals surface area contributed by atoms with Gasteiger partial charge in [-0.2, -0.15) is 0 Å². The highest BCUT2D eigenvalue weighted by molar-refractivity contribution is 7.16. The van der Waals surface area contributed by atoms with Gasteiger partial charge in [-0.05, 0) is 19.4 Å². The minimum atomic E-state index is 0. The van der Waals surface area contributed by atoms with Gasteiger partial charge in [0.15, 0.2) is 0 Å². The Morgan fingerprint density at radius 2 is 1.96 bits per heavy atom. The minimum Gasteiger partial charge on any atom is -0.330 e. The number of carbonyl (C=O) groups excluding carboxylic acids is 1. The Morgan fingerprint density at radius 3 is 2.56 bits per heavy atom. The molecule has 25 heavy (non-hydrogen) atoms. The summed E-state index contributed by atoms with van der Waals surface area (Å²) in [4.78, 5) is 22.2. The van der Waals surface area contributed by atoms with E-state index >= 15 is 0 Å². The third-order valence-electron chi connectivity index (χ3n) is 4.14. The fourth-order valence-corrected chi connectivity index (χ4v) is 3.92. The molecular weight excluding hydrogens is 354 g/mol. The van der Waals surface area contributed by atoms with E-state index in [2.05, 4.69) is 44.2 Å². The van der Waals surface area contributed by atoms with Gasteiger partial charge in [0.1, 0.15) is 5.00 Å². The van der Waals surface area contributed by atoms with Crippen molar-refractivity contribution in [3.8, 4) is 0 Å². The zero-order valence-corrected chi connectivity index (χ0v) is 16.7. The molecule has 3 rings (SSSR count). The van der Waals surface area contributed by atoms with Crippen molar-refractivity contribution in [2.24, 2.45) is 4.99 Å². The number of aryl methyl sites for hydroxylation is 2. The summed E-state index contributed by atoms with van der Waals surface area (Å²) in [7, 11) is 3.59. The van der Waals surface area contributed by atoms with Crippen LogP contribution < -0.4 is 4.90 Å². The molecule has 2 heterocycles. The standard InChI is InChI=1S/C19H23N3OS.ClH/c1-5-15-12-16-17(14-8-6-13(2)7-9-14)20-10-11-22(18(16)24-15)19(23)21(3)4;/h6-9,12H,5,10-11H2,1-4H3;1H. The molecule has 6 heteroatoms. The van der Waals surface area contributed by atoms with Crippen molar-refractivity contribution in [2.75, 3.05) is 32.1 Å². The number of hydrogen-bond donors (Lipinski definition) is 0. The second-order valence-electron chi connectivity index (χ2n) is 6.21. The molecule has 0 saturated carbocycles. The highest BCUT2D eigenvalue weighted by Crippen LogP contribution is 2.36. The smallest absolute Gasteiger partial charge is 0.324 e. The van der Waals surface area contributed by atoms with E-state index in [0.29, 0.717) is 13.1 Å². The van der Waals surface area contributed by atoms with Crippen molar-refractivity contribution >= 4 is 40.5 Å². The lowest BCUT2D eigenvalue weighted by Gasteiger charge is -2.24. The van der Waals surface area contributed by atoms with Crippen molar-refractivity contribution in [3.63, 3.8) is 0 Å². The van der Waals surface area contributed by atoms with Gasteiger partial charge in [-0.15, -0.1) is 23.7 Å². The number of nitrogens with zero attached hydrogens (tertiary/aromatic N) is 3. The largest absolute Gasteiger partial charge is 0.330 e. The van der Waals surface area contributed by atoms with Crippen molar-refractivity contribution in [3.05, 3.63) is 51.9 Å². The molecule has 0 aliphatic carbocycles. The predicted molar refractivity (Wildman–Crippen MR) is 109 cm³/mol. The summed E-state index contributed by atoms with van der Waals surface area (Å²) in [6.07, 6.45) is 0.961. The number of hydrogen-bond acceptors (Lipinski definition) is 3. The Bertz CT molecular complexity index is 780. The Balaban J connectivity index is 0.00000225. The van der Waals surface area contributed by atoms with Gasteiger partial charge in [0.05, 0.1) is 12.3 Å². The maximum Gasteiger partial charge on any atom is 0.324 e. The van der Waals surface area contributed by atoms with Crippen LogP contribution in [0.2, 0.25) is 0 Å². The Labute approximate surface area is 159 Å². The van der Waals surface area contributed by atoms with Crippen LogP contribution in [-0.4, -0.2) is 43.8 Å². The highest BCUT2D eigenvalue weighted by atomic mass is 35.5. The summed E-state index contributed by atoms with van der Waals surface area (Å²) < 4.78 is 0. The van der Waals surface area contributed by atoms with Gasteiger partial charge in [0.2, 0.25) is 0 Å². The minimum absolute atomic E-state index is 0. The first-order valence-electron chi connectivity index (χ1n) is 8.24. The number of urea groups is 1. The number of thiophene rings is 1. The lowest BCUT2D eigenvalue weighted by molar-refractivity contribution is 0.224. The van der Waals surface area contributed by atoms with Crippen molar-refractivity contribution in [1.29, 1.82) is 0 Å². The molecule has 0 bridgehead atoms. The van der Waals surface area contributed by atoms with Crippen molar-refractivity contribution in [2.45, 2.75) is 20.3 Å². The van der Waals surface area contributed by atoms with Crippen molar-refractivity contribution in [1.82, 2.24) is 4.90 Å². The summed E-state index contributed by atoms with van der Waals surface area (Å²) in [5, 5.41) is 1.02. The molecule has 0 spiro atoms. The fourth-order valence-electron chi connectivity index (χ4n) is 2.81. The van der Waals surface area contributed by atoms with E-state index in [9.17, 15) is 4.79 Å². The molecule has 2 aromatic rings. The number of aliphatic imine (C=N–C) groups is 1. The van der Waals surface area contributed by atoms with Crippen LogP contribution in [0.25, 0.3) is 0 Å². The molecule has 0 unspecified atom stereocenters. The summed E-state index contributed by atoms with van der Waals surface area (Å²) in [6.45, 7) is 5.46. The number of benzene rings is 1. The SMILES string of the molecule is CCc1cc2c(s1)N(C(=O)N(C)C)CCN=C2c1ccc(C)cc1.Cl. The van der Waals surface area contributed by atoms with E-state index in [1.165, 1.54) is 10.4 Å². The molecule has 134 valence electrons. The Kier molecular flexibility index (Phi) is 6.25. The first-order valence-corrected chi connectivity index (χ1v) is 9.06. The third kappa shape index (κ3) is 3.88. The highest BCUT2D eigenvalue weighted by Gasteiger charge is 2.27. The molecule has 0 N–H and O–H groups in total. The average Bonchev–Trinajstić information content (AvgIpc) is 2.91. The van der Waals surface area contributed by atoms with E-state index in [4.69, 9.17) is 4.99 Å². The zero-order chi connectivity index (χ0) is 17.3. The van der Waals surface area contributed by atoms with Gasteiger partial charge in [-0.1, -0.05) is 36.8 Å². The van der Waals surface area contributed by atoms with Crippen molar-refractivity contribution < 1.29 is 4.79 Å². The van der Waals surface area contributed by atoms with Crippen LogP contribution in [0.1, 0.15) is 28.5 Å². The normalized spacial score (nSPS) is 13.4. The summed E-state index contributed by atoms with van der Waals surface area (Å²) in [5.41, 5.74) is 4.42. The first kappa shape index (κ1) is 19.5. The first-order chi connectivity index (χ1) is 11.5. The number of anilines is 1. The van der Waals surface area contributed by atoms with Gasteiger partial charge >= 0.3 is 6.03 Å². The Hall–Kier alpha value is -1.85. The van der Waals surface area contributed by atoms with Gasteiger partial charge in [-0.3, -0.25) is 9.89 Å². The van der Waals surface area contributed by atoms with Crippen LogP contribution in [0.15, 0.2) is 35.3 Å². The van der Waals surface area contributed by atoms with Gasteiger partial charge in [0, 0.05) is 36.6 Å². The summed E-state index contributed by atoms with van der Waals surface area (Å²) in [6, 6.07) is 10.7. The lowest BCUT2D eigenvalue weighted by atomic mass is 10.0. The second kappa shape index (κ2) is 8.02. The molecule has 2 amide bonds. The van der Waals surface area contributed by atoms with E-state index in [-0.39, 0.29) is 18.4 Å². The van der Waals surface area contributed by atoms with E-state index in [0.717, 1.165) is 28.3 Å². The molecule has 1 aromatic carbocycles. The third-order valence-corrected chi connectivity index (χ3v) is 5.45. The number of amides is 2. The maximum atomic E-state index is 12.6. The average molecular weight is 378 g/mol. The summed E-state index contributed by atoms with van der Waals surface area (Å²) >= 11 is 1.70. The quantitative estimate of drug-likeness (QED) is 0.764. The molecule has 0 saturated heterocycles. The number of fused-ring (bicyclic) bond motifs is 1. The van der Waals surface area contributed by atoms with Gasteiger partial charge in [0.25, 0.3) is 0 Å². The van der Waals surface area contributed by atoms with Gasteiger partial charge in [-0.25, -0.2) is 4.79 Å². The topological polar surface area (TPSA) is 35.9 Å². The molecule has 1 aromatic heterocycles. The lowest BCUT2D eigenvalue weighted by Crippen LogP contribution is -2.40. The molecular formula is C19H24ClN3OS. The van der Waals surface area contributed by atoms with Crippen LogP contribution in [0.4, 0.5) is 9.80 Å². The molecule has 0 fully saturated rings. The molecule has 0 radical (unpaired) electrons. The monoisotopic (exact) mass is 377 g/mol. The predicted octanol–water partition coefficient (Wildman–Crippen LogP) is 4.38. The van der Waals surface area contributed by atoms with Crippen LogP contribution >= 0.6 is 23.7 Å². The Morgan fingerprint density at radius 1 is 1.28 bits per heavy atom. The number of carbonyl (C=O) groups is 1. The van der Waals surface area contributed by atoms with E-state index in [1.54, 1.807) is 30.3 Å². The van der Waals surface area contributed by atoms with E-state index < -0.39 is 0 Å². The zero-order valence-electron chi connectivity index (χ0n) is 15.1. The van der Waals surface area contributed by atoms with E-state index in [1.807, 2.05) is 4.90 Å². The summed E-state index contributed by atoms with van der Waals surface area (Å²) in [5.74, 6) is 0. The van der Waals surface area contributed by atoms with Crippen LogP contribution in [-0.2, 0) is 6.42 Å².